The summed E-state index contributed by atoms with van der Waals surface area (Å²) in [7, 11) is 1.63. The molecule has 6 nitrogen and oxygen atoms in total. The molecule has 0 bridgehead atoms. The van der Waals surface area contributed by atoms with Gasteiger partial charge in [-0.1, -0.05) is 23.8 Å². The molecule has 1 atom stereocenters. The number of rotatable bonds is 5. The number of carbonyl (C=O) groups excluding carboxylic acids is 1. The highest BCUT2D eigenvalue weighted by molar-refractivity contribution is 5.79. The predicted octanol–water partition coefficient (Wildman–Crippen LogP) is 2.86. The van der Waals surface area contributed by atoms with Crippen molar-refractivity contribution in [1.82, 2.24) is 20.1 Å². The van der Waals surface area contributed by atoms with Gasteiger partial charge in [-0.25, -0.2) is 4.98 Å². The van der Waals surface area contributed by atoms with Gasteiger partial charge in [-0.2, -0.15) is 5.10 Å². The lowest BCUT2D eigenvalue weighted by molar-refractivity contribution is -0.134. The molecule has 1 saturated heterocycles. The molecule has 1 fully saturated rings. The van der Waals surface area contributed by atoms with Crippen LogP contribution in [0, 0.1) is 13.8 Å². The van der Waals surface area contributed by atoms with Crippen LogP contribution in [0.15, 0.2) is 18.2 Å². The van der Waals surface area contributed by atoms with E-state index < -0.39 is 0 Å². The summed E-state index contributed by atoms with van der Waals surface area (Å²) in [6.07, 6.45) is 3.46. The monoisotopic (exact) mass is 342 g/mol. The number of hydrogen-bond acceptors (Lipinski definition) is 4. The Morgan fingerprint density at radius 1 is 1.36 bits per heavy atom. The van der Waals surface area contributed by atoms with Gasteiger partial charge in [-0.05, 0) is 44.2 Å². The van der Waals surface area contributed by atoms with E-state index >= 15 is 0 Å². The summed E-state index contributed by atoms with van der Waals surface area (Å²) in [6.45, 7) is 5.28. The summed E-state index contributed by atoms with van der Waals surface area (Å²) >= 11 is 0. The van der Waals surface area contributed by atoms with Crippen molar-refractivity contribution in [1.29, 1.82) is 0 Å². The van der Waals surface area contributed by atoms with Crippen molar-refractivity contribution < 1.29 is 9.53 Å². The predicted molar refractivity (Wildman–Crippen MR) is 95.0 cm³/mol. The van der Waals surface area contributed by atoms with E-state index in [9.17, 15) is 4.79 Å². The van der Waals surface area contributed by atoms with Gasteiger partial charge in [0, 0.05) is 13.7 Å². The Kier molecular flexibility index (Phi) is 5.48. The molecule has 0 saturated carbocycles. The van der Waals surface area contributed by atoms with Crippen LogP contribution >= 0.6 is 0 Å². The molecule has 1 amide bonds. The van der Waals surface area contributed by atoms with E-state index in [-0.39, 0.29) is 11.9 Å². The zero-order valence-corrected chi connectivity index (χ0v) is 15.2. The molecule has 25 heavy (non-hydrogen) atoms. The van der Waals surface area contributed by atoms with Gasteiger partial charge in [0.25, 0.3) is 0 Å². The number of nitrogens with one attached hydrogen (secondary N) is 1. The van der Waals surface area contributed by atoms with E-state index in [1.54, 1.807) is 7.11 Å². The molecule has 1 aromatic carbocycles. The Morgan fingerprint density at radius 3 is 3.00 bits per heavy atom. The highest BCUT2D eigenvalue weighted by atomic mass is 16.5. The topological polar surface area (TPSA) is 71.1 Å². The Morgan fingerprint density at radius 2 is 2.20 bits per heavy atom. The minimum absolute atomic E-state index is 0.0479. The first-order valence-electron chi connectivity index (χ1n) is 8.84. The normalized spacial score (nSPS) is 17.7. The molecule has 0 unspecified atom stereocenters. The summed E-state index contributed by atoms with van der Waals surface area (Å²) in [5.74, 6) is 1.54. The largest absolute Gasteiger partial charge is 0.377 e. The second-order valence-corrected chi connectivity index (χ2v) is 6.78. The van der Waals surface area contributed by atoms with Crippen LogP contribution in [0.1, 0.15) is 53.6 Å². The maximum atomic E-state index is 13.0. The van der Waals surface area contributed by atoms with Crippen LogP contribution in [0.4, 0.5) is 0 Å². The quantitative estimate of drug-likeness (QED) is 0.907. The number of ether oxygens (including phenoxy) is 1. The number of aromatic amines is 1. The van der Waals surface area contributed by atoms with Crippen LogP contribution in [-0.4, -0.2) is 39.6 Å². The lowest BCUT2D eigenvalue weighted by atomic mass is 9.98. The minimum Gasteiger partial charge on any atom is -0.377 e. The number of carbonyl (C=O) groups is 1. The van der Waals surface area contributed by atoms with Gasteiger partial charge in [0.15, 0.2) is 11.6 Å². The minimum atomic E-state index is -0.0479. The Labute approximate surface area is 148 Å². The van der Waals surface area contributed by atoms with Gasteiger partial charge < -0.3 is 9.64 Å². The lowest BCUT2D eigenvalue weighted by Gasteiger charge is -2.34. The number of benzene rings is 1. The highest BCUT2D eigenvalue weighted by Crippen LogP contribution is 2.29. The van der Waals surface area contributed by atoms with Crippen molar-refractivity contribution in [3.8, 4) is 0 Å². The van der Waals surface area contributed by atoms with Gasteiger partial charge in [0.1, 0.15) is 6.61 Å². The lowest BCUT2D eigenvalue weighted by Crippen LogP contribution is -2.40. The SMILES string of the molecule is COCc1nc([C@@H]2CCCCN2C(=O)Cc2cc(C)ccc2C)n[nH]1. The van der Waals surface area contributed by atoms with E-state index in [0.717, 1.165) is 36.9 Å². The Balaban J connectivity index is 1.77. The molecular weight excluding hydrogens is 316 g/mol. The van der Waals surface area contributed by atoms with Crippen molar-refractivity contribution in [3.63, 3.8) is 0 Å². The third-order valence-electron chi connectivity index (χ3n) is 4.80. The van der Waals surface area contributed by atoms with Crippen LogP contribution in [0.3, 0.4) is 0 Å². The van der Waals surface area contributed by atoms with Crippen LogP contribution < -0.4 is 0 Å². The zero-order chi connectivity index (χ0) is 17.8. The number of aromatic nitrogens is 3. The van der Waals surface area contributed by atoms with E-state index in [1.807, 2.05) is 4.90 Å². The van der Waals surface area contributed by atoms with Crippen LogP contribution in [-0.2, 0) is 22.6 Å². The third kappa shape index (κ3) is 4.07. The van der Waals surface area contributed by atoms with E-state index in [0.29, 0.717) is 24.7 Å². The second-order valence-electron chi connectivity index (χ2n) is 6.78. The summed E-state index contributed by atoms with van der Waals surface area (Å²) in [5.41, 5.74) is 3.44. The number of methoxy groups -OCH3 is 1. The molecule has 0 aliphatic carbocycles. The van der Waals surface area contributed by atoms with Gasteiger partial charge in [0.2, 0.25) is 5.91 Å². The maximum Gasteiger partial charge on any atom is 0.227 e. The molecule has 134 valence electrons. The summed E-state index contributed by atoms with van der Waals surface area (Å²) in [6, 6.07) is 6.22. The van der Waals surface area contributed by atoms with E-state index in [4.69, 9.17) is 4.74 Å². The molecule has 1 aliphatic heterocycles. The number of amides is 1. The molecule has 1 aromatic heterocycles. The average molecular weight is 342 g/mol. The number of nitrogens with zero attached hydrogens (tertiary/aromatic N) is 3. The molecule has 1 aliphatic rings. The molecule has 2 aromatic rings. The summed E-state index contributed by atoms with van der Waals surface area (Å²) < 4.78 is 5.09. The Hall–Kier alpha value is -2.21. The van der Waals surface area contributed by atoms with Crippen LogP contribution in [0.5, 0.6) is 0 Å². The van der Waals surface area contributed by atoms with Crippen molar-refractivity contribution in [3.05, 3.63) is 46.5 Å². The van der Waals surface area contributed by atoms with Crippen molar-refractivity contribution in [2.45, 2.75) is 52.2 Å². The van der Waals surface area contributed by atoms with Gasteiger partial charge in [-0.15, -0.1) is 0 Å². The fraction of sp³-hybridized carbons (Fsp3) is 0.526. The summed E-state index contributed by atoms with van der Waals surface area (Å²) in [4.78, 5) is 19.4. The number of likely N-dealkylation sites (tertiary alicyclic amines) is 1. The van der Waals surface area contributed by atoms with E-state index in [2.05, 4.69) is 47.2 Å². The average Bonchev–Trinajstić information content (AvgIpc) is 3.07. The number of H-pyrrole nitrogens is 1. The molecular formula is C19H26N4O2. The zero-order valence-electron chi connectivity index (χ0n) is 15.2. The van der Waals surface area contributed by atoms with Crippen LogP contribution in [0.2, 0.25) is 0 Å². The number of hydrogen-bond donors (Lipinski definition) is 1. The van der Waals surface area contributed by atoms with Gasteiger partial charge >= 0.3 is 0 Å². The number of aryl methyl sites for hydroxylation is 2. The van der Waals surface area contributed by atoms with Crippen molar-refractivity contribution >= 4 is 5.91 Å². The second kappa shape index (κ2) is 7.78. The Bertz CT molecular complexity index is 741. The standard InChI is InChI=1S/C19H26N4O2/c1-13-7-8-14(2)15(10-13)11-18(24)23-9-5-4-6-16(23)19-20-17(12-25-3)21-22-19/h7-8,10,16H,4-6,9,11-12H2,1-3H3,(H,20,21,22)/t16-/m0/s1. The fourth-order valence-corrected chi connectivity index (χ4v) is 3.41. The summed E-state index contributed by atoms with van der Waals surface area (Å²) in [5, 5.41) is 7.23. The van der Waals surface area contributed by atoms with Gasteiger partial charge in [0.05, 0.1) is 12.5 Å². The molecule has 0 radical (unpaired) electrons. The molecule has 1 N–H and O–H groups in total. The molecule has 2 heterocycles. The molecule has 0 spiro atoms. The van der Waals surface area contributed by atoms with Crippen LogP contribution in [0.25, 0.3) is 0 Å². The first-order chi connectivity index (χ1) is 12.1. The number of piperidine rings is 1. The molecule has 3 rings (SSSR count). The van der Waals surface area contributed by atoms with Crippen molar-refractivity contribution in [2.75, 3.05) is 13.7 Å². The first kappa shape index (κ1) is 17.6. The highest BCUT2D eigenvalue weighted by Gasteiger charge is 2.30. The fourth-order valence-electron chi connectivity index (χ4n) is 3.41. The third-order valence-corrected chi connectivity index (χ3v) is 4.80. The van der Waals surface area contributed by atoms with Gasteiger partial charge in [-0.3, -0.25) is 9.89 Å². The molecule has 6 heteroatoms. The van der Waals surface area contributed by atoms with Crippen molar-refractivity contribution in [2.24, 2.45) is 0 Å². The van der Waals surface area contributed by atoms with E-state index in [1.165, 1.54) is 5.56 Å². The maximum absolute atomic E-state index is 13.0. The first-order valence-corrected chi connectivity index (χ1v) is 8.84. The smallest absolute Gasteiger partial charge is 0.227 e.